The van der Waals surface area contributed by atoms with Crippen molar-refractivity contribution in [1.29, 1.82) is 0 Å². The van der Waals surface area contributed by atoms with Gasteiger partial charge >= 0.3 is 5.97 Å². The van der Waals surface area contributed by atoms with Crippen molar-refractivity contribution in [2.24, 2.45) is 0 Å². The third-order valence-corrected chi connectivity index (χ3v) is 7.15. The van der Waals surface area contributed by atoms with Crippen molar-refractivity contribution >= 4 is 40.7 Å². The van der Waals surface area contributed by atoms with E-state index in [9.17, 15) is 9.59 Å². The summed E-state index contributed by atoms with van der Waals surface area (Å²) in [6.07, 6.45) is 0. The van der Waals surface area contributed by atoms with E-state index in [0.29, 0.717) is 61.8 Å². The predicted molar refractivity (Wildman–Crippen MR) is 147 cm³/mol. The van der Waals surface area contributed by atoms with Crippen molar-refractivity contribution in [3.05, 3.63) is 110 Å². The SMILES string of the molecule is CCOc1cc([C@@H]2C(C(=O)OC)=C(C)NC3=C2C(=O)c2ccccc23)cc(Cl)c1OCc1ccc(Cl)cc1. The maximum absolute atomic E-state index is 13.7. The first-order valence-electron chi connectivity index (χ1n) is 12.1. The summed E-state index contributed by atoms with van der Waals surface area (Å²) in [6, 6.07) is 18.2. The average Bonchev–Trinajstić information content (AvgIpc) is 3.19. The van der Waals surface area contributed by atoms with Gasteiger partial charge in [-0.25, -0.2) is 4.79 Å². The van der Waals surface area contributed by atoms with Gasteiger partial charge in [0.15, 0.2) is 17.3 Å². The van der Waals surface area contributed by atoms with Crippen LogP contribution in [0.1, 0.15) is 46.8 Å². The minimum atomic E-state index is -0.722. The van der Waals surface area contributed by atoms with Crippen molar-refractivity contribution < 1.29 is 23.8 Å². The number of carbonyl (C=O) groups is 2. The standard InChI is InChI=1S/C30H25Cl2NO5/c1-4-37-23-14-18(13-22(32)29(23)38-15-17-9-11-19(31)12-10-17)25-24(30(35)36-3)16(2)33-27-20-7-5-6-8-21(20)28(34)26(25)27/h5-14,25,33H,4,15H2,1-3H3/t25-/m1/s1. The molecule has 6 nitrogen and oxygen atoms in total. The van der Waals surface area contributed by atoms with Gasteiger partial charge in [0.2, 0.25) is 0 Å². The second kappa shape index (κ2) is 10.6. The summed E-state index contributed by atoms with van der Waals surface area (Å²) in [5.74, 6) is -0.626. The third-order valence-electron chi connectivity index (χ3n) is 6.62. The lowest BCUT2D eigenvalue weighted by Gasteiger charge is -2.29. The van der Waals surface area contributed by atoms with Gasteiger partial charge in [-0.05, 0) is 49.2 Å². The quantitative estimate of drug-likeness (QED) is 0.330. The van der Waals surface area contributed by atoms with E-state index in [-0.39, 0.29) is 12.4 Å². The van der Waals surface area contributed by atoms with Crippen LogP contribution in [0.3, 0.4) is 0 Å². The molecule has 0 aromatic heterocycles. The fraction of sp³-hybridized carbons (Fsp3) is 0.200. The molecule has 2 aliphatic rings. The van der Waals surface area contributed by atoms with Crippen molar-refractivity contribution in [2.45, 2.75) is 26.4 Å². The monoisotopic (exact) mass is 549 g/mol. The highest BCUT2D eigenvalue weighted by atomic mass is 35.5. The van der Waals surface area contributed by atoms with E-state index >= 15 is 0 Å². The number of methoxy groups -OCH3 is 1. The first-order valence-corrected chi connectivity index (χ1v) is 12.9. The fourth-order valence-electron chi connectivity index (χ4n) is 4.94. The van der Waals surface area contributed by atoms with Gasteiger partial charge in [-0.15, -0.1) is 0 Å². The molecule has 0 unspecified atom stereocenters. The molecule has 0 radical (unpaired) electrons. The summed E-state index contributed by atoms with van der Waals surface area (Å²) >= 11 is 12.8. The number of halogens is 2. The maximum Gasteiger partial charge on any atom is 0.336 e. The molecule has 0 spiro atoms. The Labute approximate surface area is 230 Å². The van der Waals surface area contributed by atoms with Crippen LogP contribution in [0.25, 0.3) is 5.70 Å². The summed E-state index contributed by atoms with van der Waals surface area (Å²) in [4.78, 5) is 26.7. The number of Topliss-reactive ketones (excluding diaryl/α,β-unsaturated/α-hetero) is 1. The Hall–Kier alpha value is -3.74. The molecule has 1 atom stereocenters. The van der Waals surface area contributed by atoms with Gasteiger partial charge in [-0.2, -0.15) is 0 Å². The van der Waals surface area contributed by atoms with Crippen molar-refractivity contribution in [1.82, 2.24) is 5.32 Å². The van der Waals surface area contributed by atoms with Gasteiger partial charge in [-0.1, -0.05) is 59.6 Å². The lowest BCUT2D eigenvalue weighted by molar-refractivity contribution is -0.136. The number of ether oxygens (including phenoxy) is 3. The Morgan fingerprint density at radius 1 is 1.00 bits per heavy atom. The van der Waals surface area contributed by atoms with E-state index in [4.69, 9.17) is 37.4 Å². The third kappa shape index (κ3) is 4.55. The number of carbonyl (C=O) groups excluding carboxylic acids is 2. The topological polar surface area (TPSA) is 73.9 Å². The Morgan fingerprint density at radius 3 is 2.39 bits per heavy atom. The van der Waals surface area contributed by atoms with E-state index in [1.54, 1.807) is 37.3 Å². The second-order valence-electron chi connectivity index (χ2n) is 8.93. The molecule has 1 N–H and O–H groups in total. The minimum absolute atomic E-state index is 0.154. The molecule has 194 valence electrons. The van der Waals surface area contributed by atoms with E-state index in [2.05, 4.69) is 5.32 Å². The fourth-order valence-corrected chi connectivity index (χ4v) is 5.34. The summed E-state index contributed by atoms with van der Waals surface area (Å²) in [5.41, 5.74) is 4.97. The molecular formula is C30H25Cl2NO5. The molecule has 1 aliphatic carbocycles. The van der Waals surface area contributed by atoms with E-state index in [1.165, 1.54) is 7.11 Å². The second-order valence-corrected chi connectivity index (χ2v) is 9.77. The number of allylic oxidation sites excluding steroid dienone is 2. The predicted octanol–water partition coefficient (Wildman–Crippen LogP) is 6.71. The van der Waals surface area contributed by atoms with Crippen molar-refractivity contribution in [3.63, 3.8) is 0 Å². The number of ketones is 1. The Kier molecular flexibility index (Phi) is 7.19. The van der Waals surface area contributed by atoms with Gasteiger partial charge in [-0.3, -0.25) is 4.79 Å². The number of esters is 1. The summed E-state index contributed by atoms with van der Waals surface area (Å²) in [5, 5.41) is 4.21. The Balaban J connectivity index is 1.61. The zero-order valence-corrected chi connectivity index (χ0v) is 22.6. The smallest absolute Gasteiger partial charge is 0.336 e. The summed E-state index contributed by atoms with van der Waals surface area (Å²) in [6.45, 7) is 4.26. The Morgan fingerprint density at radius 2 is 1.71 bits per heavy atom. The zero-order chi connectivity index (χ0) is 27.0. The van der Waals surface area contributed by atoms with Crippen LogP contribution in [0.2, 0.25) is 10.0 Å². The highest BCUT2D eigenvalue weighted by molar-refractivity contribution is 6.32. The lowest BCUT2D eigenvalue weighted by Crippen LogP contribution is -2.29. The van der Waals surface area contributed by atoms with Gasteiger partial charge in [0.05, 0.1) is 30.0 Å². The first-order chi connectivity index (χ1) is 18.3. The average molecular weight is 550 g/mol. The molecule has 38 heavy (non-hydrogen) atoms. The van der Waals surface area contributed by atoms with Crippen molar-refractivity contribution in [3.8, 4) is 11.5 Å². The van der Waals surface area contributed by atoms with E-state index < -0.39 is 11.9 Å². The van der Waals surface area contributed by atoms with Crippen LogP contribution in [-0.2, 0) is 16.1 Å². The largest absolute Gasteiger partial charge is 0.490 e. The van der Waals surface area contributed by atoms with Gasteiger partial charge in [0.25, 0.3) is 0 Å². The minimum Gasteiger partial charge on any atom is -0.490 e. The van der Waals surface area contributed by atoms with E-state index in [0.717, 1.165) is 11.1 Å². The summed E-state index contributed by atoms with van der Waals surface area (Å²) < 4.78 is 17.1. The molecule has 0 bridgehead atoms. The van der Waals surface area contributed by atoms with Crippen LogP contribution in [0.15, 0.2) is 77.5 Å². The molecule has 0 fully saturated rings. The van der Waals surface area contributed by atoms with Gasteiger partial charge < -0.3 is 19.5 Å². The highest BCUT2D eigenvalue weighted by Crippen LogP contribution is 2.49. The van der Waals surface area contributed by atoms with Crippen LogP contribution in [-0.4, -0.2) is 25.5 Å². The van der Waals surface area contributed by atoms with E-state index in [1.807, 2.05) is 37.3 Å². The van der Waals surface area contributed by atoms with Crippen LogP contribution in [0.5, 0.6) is 11.5 Å². The molecule has 1 aliphatic heterocycles. The molecule has 0 amide bonds. The number of rotatable bonds is 7. The highest BCUT2D eigenvalue weighted by Gasteiger charge is 2.43. The molecular weight excluding hydrogens is 525 g/mol. The number of hydrogen-bond acceptors (Lipinski definition) is 6. The number of dihydropyridines is 1. The van der Waals surface area contributed by atoms with Crippen LogP contribution in [0, 0.1) is 0 Å². The number of hydrogen-bond donors (Lipinski definition) is 1. The molecule has 3 aromatic rings. The number of nitrogens with one attached hydrogen (secondary N) is 1. The molecule has 8 heteroatoms. The molecule has 5 rings (SSSR count). The maximum atomic E-state index is 13.7. The normalized spacial score (nSPS) is 16.1. The number of benzene rings is 3. The number of fused-ring (bicyclic) bond motifs is 2. The lowest BCUT2D eigenvalue weighted by atomic mass is 9.79. The van der Waals surface area contributed by atoms with Crippen molar-refractivity contribution in [2.75, 3.05) is 13.7 Å². The summed E-state index contributed by atoms with van der Waals surface area (Å²) in [7, 11) is 1.32. The van der Waals surface area contributed by atoms with Crippen LogP contribution in [0.4, 0.5) is 0 Å². The Bertz CT molecular complexity index is 1510. The van der Waals surface area contributed by atoms with Crippen LogP contribution >= 0.6 is 23.2 Å². The molecule has 3 aromatic carbocycles. The molecule has 0 saturated carbocycles. The van der Waals surface area contributed by atoms with Crippen LogP contribution < -0.4 is 14.8 Å². The molecule has 1 heterocycles. The van der Waals surface area contributed by atoms with Gasteiger partial charge in [0.1, 0.15) is 6.61 Å². The van der Waals surface area contributed by atoms with Gasteiger partial charge in [0, 0.05) is 33.3 Å². The zero-order valence-electron chi connectivity index (χ0n) is 21.1. The first kappa shape index (κ1) is 25.9. The molecule has 0 saturated heterocycles.